The number of alkyl halides is 2. The van der Waals surface area contributed by atoms with Crippen molar-refractivity contribution < 1.29 is 35.4 Å². The van der Waals surface area contributed by atoms with Gasteiger partial charge in [-0.15, -0.1) is 6.54 Å². The van der Waals surface area contributed by atoms with Crippen LogP contribution >= 0.6 is 23.2 Å². The summed E-state index contributed by atoms with van der Waals surface area (Å²) in [5.74, 6) is 1.77. The van der Waals surface area contributed by atoms with E-state index in [1.807, 2.05) is 18.2 Å². The molecule has 281 valence electrons. The van der Waals surface area contributed by atoms with Gasteiger partial charge in [-0.3, -0.25) is 19.8 Å². The van der Waals surface area contributed by atoms with Crippen LogP contribution in [0.2, 0.25) is 10.0 Å². The zero-order chi connectivity index (χ0) is 37.6. The molecular weight excluding hydrogens is 782 g/mol. The zero-order valence-corrected chi connectivity index (χ0v) is 32.2. The number of carbonyl (C=O) groups excluding carboxylic acids is 1. The van der Waals surface area contributed by atoms with Gasteiger partial charge in [0.2, 0.25) is 5.88 Å². The average molecular weight is 818 g/mol. The number of benzene rings is 2. The third-order valence-corrected chi connectivity index (χ3v) is 10.9. The second-order valence-electron chi connectivity index (χ2n) is 13.1. The summed E-state index contributed by atoms with van der Waals surface area (Å²) in [6.45, 7) is 2.37. The maximum Gasteiger partial charge on any atom is 2.00 e. The molecule has 0 bridgehead atoms. The molecule has 2 aliphatic rings. The SMILES string of the molecule is COc1nc(-c2cccc(-c3cccc(Nc4nc(C(F)F)cc5c4c(=O)n(C)c(=O)n5C)c3Cl)c2Cl)cc2c1C(N1CC[C-](CCN[C-]=O)C1)CC2.[Mn+2]. The number of likely N-dealkylation sites (tertiary alicyclic amines) is 1. The third-order valence-electron chi connectivity index (χ3n) is 10.1. The third kappa shape index (κ3) is 7.13. The van der Waals surface area contributed by atoms with Gasteiger partial charge in [0.05, 0.1) is 34.1 Å². The van der Waals surface area contributed by atoms with Gasteiger partial charge in [-0.1, -0.05) is 53.5 Å². The zero-order valence-electron chi connectivity index (χ0n) is 29.5. The van der Waals surface area contributed by atoms with Crippen molar-refractivity contribution in [3.63, 3.8) is 0 Å². The molecule has 4 heterocycles. The van der Waals surface area contributed by atoms with Gasteiger partial charge in [0.1, 0.15) is 16.9 Å². The smallest absolute Gasteiger partial charge is 0.532 e. The monoisotopic (exact) mass is 816 g/mol. The van der Waals surface area contributed by atoms with Crippen LogP contribution in [0.25, 0.3) is 33.3 Å². The number of amides is 1. The molecule has 0 saturated carbocycles. The Kier molecular flexibility index (Phi) is 11.8. The Morgan fingerprint density at radius 2 is 1.76 bits per heavy atom. The number of pyridine rings is 2. The maximum absolute atomic E-state index is 14.0. The Morgan fingerprint density at radius 1 is 1.04 bits per heavy atom. The van der Waals surface area contributed by atoms with Gasteiger partial charge >= 0.3 is 22.8 Å². The number of aromatic nitrogens is 4. The molecule has 1 aliphatic heterocycles. The van der Waals surface area contributed by atoms with Crippen LogP contribution in [0.15, 0.2) is 58.1 Å². The number of aryl methyl sites for hydroxylation is 2. The molecule has 2 N–H and O–H groups in total. The van der Waals surface area contributed by atoms with Crippen molar-refractivity contribution in [2.45, 2.75) is 38.2 Å². The van der Waals surface area contributed by atoms with E-state index in [0.717, 1.165) is 65.1 Å². The molecule has 7 rings (SSSR count). The Hall–Kier alpha value is -4.33. The minimum absolute atomic E-state index is 0. The first-order valence-electron chi connectivity index (χ1n) is 17.0. The van der Waals surface area contributed by atoms with Gasteiger partial charge < -0.3 is 25.1 Å². The second-order valence-corrected chi connectivity index (χ2v) is 13.9. The van der Waals surface area contributed by atoms with Gasteiger partial charge in [-0.25, -0.2) is 23.5 Å². The van der Waals surface area contributed by atoms with Gasteiger partial charge in [0.15, 0.2) is 0 Å². The summed E-state index contributed by atoms with van der Waals surface area (Å²) < 4.78 is 35.8. The summed E-state index contributed by atoms with van der Waals surface area (Å²) >= 11 is 14.1. The van der Waals surface area contributed by atoms with Gasteiger partial charge in [0, 0.05) is 42.4 Å². The molecule has 11 nitrogen and oxygen atoms in total. The van der Waals surface area contributed by atoms with Crippen molar-refractivity contribution in [1.82, 2.24) is 29.3 Å². The number of hydrogen-bond donors (Lipinski definition) is 2. The summed E-state index contributed by atoms with van der Waals surface area (Å²) in [4.78, 5) is 47.9. The average Bonchev–Trinajstić information content (AvgIpc) is 3.81. The van der Waals surface area contributed by atoms with E-state index in [-0.39, 0.29) is 50.5 Å². The standard InChI is InChI=1S/C38H35Cl2F2N7O4.Mn/c1-47-29-17-27(34(41)42)45-35(31(29)37(51)48(2)38(47)52)44-25-9-5-7-23(33(25)40)22-6-4-8-24(32(22)39)26-16-21-10-11-28(30(21)36(46-26)53-3)49-15-13-20(18-49)12-14-43-19-50;/h4-9,16-17,28,34H,10-15,18H2,1-3H3,(H,43,50)(H,44,45);/q-2;+2. The van der Waals surface area contributed by atoms with E-state index in [2.05, 4.69) is 26.6 Å². The number of anilines is 2. The Morgan fingerprint density at radius 3 is 2.48 bits per heavy atom. The molecule has 3 aromatic heterocycles. The van der Waals surface area contributed by atoms with Crippen LogP contribution in [0.4, 0.5) is 20.3 Å². The van der Waals surface area contributed by atoms with Crippen molar-refractivity contribution in [2.75, 3.05) is 32.1 Å². The van der Waals surface area contributed by atoms with Crippen LogP contribution in [0.3, 0.4) is 0 Å². The topological polar surface area (TPSA) is 123 Å². The summed E-state index contributed by atoms with van der Waals surface area (Å²) in [7, 11) is 4.32. The largest absolute Gasteiger partial charge is 2.00 e. The molecule has 1 amide bonds. The fraction of sp³-hybridized carbons (Fsp3) is 0.316. The molecule has 54 heavy (non-hydrogen) atoms. The number of halogens is 4. The summed E-state index contributed by atoms with van der Waals surface area (Å²) in [6.07, 6.45) is 2.37. The van der Waals surface area contributed by atoms with Crippen LogP contribution in [-0.4, -0.2) is 57.2 Å². The Bertz CT molecular complexity index is 2370. The number of rotatable bonds is 11. The predicted octanol–water partition coefficient (Wildman–Crippen LogP) is 6.67. The Labute approximate surface area is 330 Å². The molecule has 5 aromatic rings. The molecular formula is C38H35Cl2F2MnN7O4. The first kappa shape index (κ1) is 39.4. The number of ether oxygens (including phenoxy) is 1. The molecule has 1 unspecified atom stereocenters. The van der Waals surface area contributed by atoms with Crippen LogP contribution in [0.5, 0.6) is 5.88 Å². The van der Waals surface area contributed by atoms with E-state index in [0.29, 0.717) is 39.8 Å². The van der Waals surface area contributed by atoms with Crippen molar-refractivity contribution in [2.24, 2.45) is 14.1 Å². The van der Waals surface area contributed by atoms with E-state index in [1.165, 1.54) is 20.0 Å². The van der Waals surface area contributed by atoms with Crippen molar-refractivity contribution >= 4 is 52.0 Å². The molecule has 1 aliphatic carbocycles. The first-order valence-corrected chi connectivity index (χ1v) is 17.8. The molecule has 1 fully saturated rings. The molecule has 1 radical (unpaired) electrons. The molecule has 0 spiro atoms. The number of hydrogen-bond acceptors (Lipinski definition) is 8. The van der Waals surface area contributed by atoms with Gasteiger partial charge in [0.25, 0.3) is 12.0 Å². The summed E-state index contributed by atoms with van der Waals surface area (Å²) in [6, 6.07) is 13.9. The number of nitrogens with zero attached hydrogens (tertiary/aromatic N) is 5. The number of fused-ring (bicyclic) bond motifs is 2. The van der Waals surface area contributed by atoms with Crippen LogP contribution in [0, 0.1) is 5.92 Å². The van der Waals surface area contributed by atoms with Crippen molar-refractivity contribution in [1.29, 1.82) is 0 Å². The molecule has 1 atom stereocenters. The van der Waals surface area contributed by atoms with Crippen LogP contribution in [-0.2, 0) is 42.4 Å². The molecule has 16 heteroatoms. The molecule has 1 saturated heterocycles. The predicted molar refractivity (Wildman–Crippen MR) is 201 cm³/mol. The quantitative estimate of drug-likeness (QED) is 0.0657. The van der Waals surface area contributed by atoms with Crippen LogP contribution in [0.1, 0.15) is 48.6 Å². The van der Waals surface area contributed by atoms with Gasteiger partial charge in [-0.05, 0) is 49.7 Å². The Balaban J connectivity index is 0.00000497. The first-order chi connectivity index (χ1) is 25.5. The van der Waals surface area contributed by atoms with E-state index in [4.69, 9.17) is 32.9 Å². The normalized spacial score (nSPS) is 15.7. The maximum atomic E-state index is 14.0. The van der Waals surface area contributed by atoms with E-state index in [9.17, 15) is 23.2 Å². The van der Waals surface area contributed by atoms with Crippen LogP contribution < -0.4 is 26.6 Å². The number of nitrogens with one attached hydrogen (secondary N) is 2. The summed E-state index contributed by atoms with van der Waals surface area (Å²) in [5.41, 5.74) is 2.98. The fourth-order valence-electron chi connectivity index (χ4n) is 7.46. The van der Waals surface area contributed by atoms with E-state index < -0.39 is 23.4 Å². The molecule has 2 aromatic carbocycles. The van der Waals surface area contributed by atoms with Crippen molar-refractivity contribution in [3.05, 3.63) is 102 Å². The van der Waals surface area contributed by atoms with Gasteiger partial charge in [-0.2, -0.15) is 19.3 Å². The van der Waals surface area contributed by atoms with Crippen molar-refractivity contribution in [3.8, 4) is 28.3 Å². The minimum atomic E-state index is -2.96. The van der Waals surface area contributed by atoms with E-state index >= 15 is 0 Å². The fourth-order valence-corrected chi connectivity index (χ4v) is 8.06. The van der Waals surface area contributed by atoms with E-state index in [1.54, 1.807) is 31.7 Å². The summed E-state index contributed by atoms with van der Waals surface area (Å²) in [5, 5.41) is 6.16. The second kappa shape index (κ2) is 16.2. The minimum Gasteiger partial charge on any atom is -0.532 e. The number of methoxy groups -OCH3 is 1.